The maximum atomic E-state index is 12.3. The second-order valence-corrected chi connectivity index (χ2v) is 9.08. The summed E-state index contributed by atoms with van der Waals surface area (Å²) in [7, 11) is -3.50. The van der Waals surface area contributed by atoms with E-state index in [4.69, 9.17) is 9.47 Å². The van der Waals surface area contributed by atoms with Crippen molar-refractivity contribution in [2.45, 2.75) is 32.7 Å². The minimum Gasteiger partial charge on any atom is -0.454 e. The lowest BCUT2D eigenvalue weighted by Crippen LogP contribution is -2.32. The molecular weight excluding hydrogens is 392 g/mol. The van der Waals surface area contributed by atoms with E-state index in [0.717, 1.165) is 17.4 Å². The minimum atomic E-state index is -3.50. The smallest absolute Gasteiger partial charge is 0.232 e. The number of carbonyl (C=O) groups excluding carboxylic acids is 1. The Bertz CT molecular complexity index is 973. The molecule has 0 aromatic heterocycles. The van der Waals surface area contributed by atoms with Crippen molar-refractivity contribution in [1.29, 1.82) is 0 Å². The summed E-state index contributed by atoms with van der Waals surface area (Å²) in [5, 5.41) is 2.96. The molecule has 7 nitrogen and oxygen atoms in total. The first kappa shape index (κ1) is 21.0. The second-order valence-electron chi connectivity index (χ2n) is 7.18. The van der Waals surface area contributed by atoms with Crippen LogP contribution in [0.5, 0.6) is 11.5 Å². The third-order valence-corrected chi connectivity index (χ3v) is 5.96. The van der Waals surface area contributed by atoms with Crippen molar-refractivity contribution < 1.29 is 22.7 Å². The average molecular weight is 419 g/mol. The van der Waals surface area contributed by atoms with E-state index in [1.165, 1.54) is 4.31 Å². The fraction of sp³-hybridized carbons (Fsp3) is 0.381. The Kier molecular flexibility index (Phi) is 6.32. The van der Waals surface area contributed by atoms with Gasteiger partial charge in [0.05, 0.1) is 18.0 Å². The highest BCUT2D eigenvalue weighted by Crippen LogP contribution is 2.36. The van der Waals surface area contributed by atoms with E-state index in [-0.39, 0.29) is 31.7 Å². The number of benzene rings is 2. The lowest BCUT2D eigenvalue weighted by Gasteiger charge is -2.23. The van der Waals surface area contributed by atoms with Gasteiger partial charge in [-0.3, -0.25) is 9.10 Å². The molecular formula is C21H26N2O5S. The van der Waals surface area contributed by atoms with Crippen LogP contribution in [0, 0.1) is 6.92 Å². The highest BCUT2D eigenvalue weighted by Gasteiger charge is 2.21. The van der Waals surface area contributed by atoms with Crippen LogP contribution >= 0.6 is 0 Å². The Hall–Kier alpha value is -2.74. The number of nitrogens with one attached hydrogen (secondary N) is 1. The highest BCUT2D eigenvalue weighted by molar-refractivity contribution is 7.92. The molecule has 1 atom stereocenters. The number of ether oxygens (including phenoxy) is 2. The van der Waals surface area contributed by atoms with Crippen molar-refractivity contribution in [2.24, 2.45) is 0 Å². The number of amides is 1. The number of hydrogen-bond acceptors (Lipinski definition) is 5. The third kappa shape index (κ3) is 5.41. The van der Waals surface area contributed by atoms with Gasteiger partial charge in [-0.25, -0.2) is 8.42 Å². The quantitative estimate of drug-likeness (QED) is 0.712. The summed E-state index contributed by atoms with van der Waals surface area (Å²) in [6.07, 6.45) is 1.78. The molecule has 1 heterocycles. The number of rotatable bonds is 8. The number of fused-ring (bicyclic) bond motifs is 1. The van der Waals surface area contributed by atoms with Crippen molar-refractivity contribution >= 4 is 21.6 Å². The van der Waals surface area contributed by atoms with Crippen LogP contribution in [0.2, 0.25) is 0 Å². The summed E-state index contributed by atoms with van der Waals surface area (Å²) < 4.78 is 36.4. The average Bonchev–Trinajstić information content (AvgIpc) is 3.12. The molecule has 8 heteroatoms. The van der Waals surface area contributed by atoms with Gasteiger partial charge in [-0.1, -0.05) is 29.8 Å². The second kappa shape index (κ2) is 8.73. The van der Waals surface area contributed by atoms with Gasteiger partial charge in [0.1, 0.15) is 0 Å². The highest BCUT2D eigenvalue weighted by atomic mass is 32.2. The van der Waals surface area contributed by atoms with E-state index in [9.17, 15) is 13.2 Å². The third-order valence-electron chi connectivity index (χ3n) is 4.76. The minimum absolute atomic E-state index is 0.108. The predicted octanol–water partition coefficient (Wildman–Crippen LogP) is 3.15. The lowest BCUT2D eigenvalue weighted by molar-refractivity contribution is -0.121. The zero-order chi connectivity index (χ0) is 21.0. The molecule has 2 aromatic carbocycles. The lowest BCUT2D eigenvalue weighted by atomic mass is 10.1. The Morgan fingerprint density at radius 2 is 1.83 bits per heavy atom. The van der Waals surface area contributed by atoms with E-state index < -0.39 is 10.0 Å². The van der Waals surface area contributed by atoms with Crippen LogP contribution in [0.3, 0.4) is 0 Å². The van der Waals surface area contributed by atoms with Gasteiger partial charge in [0.25, 0.3) is 0 Å². The normalized spacial score (nSPS) is 13.8. The molecule has 1 unspecified atom stereocenters. The van der Waals surface area contributed by atoms with Crippen molar-refractivity contribution in [2.75, 3.05) is 23.9 Å². The fourth-order valence-corrected chi connectivity index (χ4v) is 4.12. The molecule has 0 saturated carbocycles. The first-order valence-electron chi connectivity index (χ1n) is 9.47. The van der Waals surface area contributed by atoms with E-state index in [1.807, 2.05) is 38.1 Å². The molecule has 0 fully saturated rings. The van der Waals surface area contributed by atoms with Crippen LogP contribution < -0.4 is 19.1 Å². The van der Waals surface area contributed by atoms with Crippen LogP contribution in [0.4, 0.5) is 5.69 Å². The fourth-order valence-electron chi connectivity index (χ4n) is 3.16. The summed E-state index contributed by atoms with van der Waals surface area (Å²) in [6.45, 7) is 4.26. The Morgan fingerprint density at radius 1 is 1.14 bits per heavy atom. The number of sulfonamides is 1. The first-order valence-corrected chi connectivity index (χ1v) is 11.3. The van der Waals surface area contributed by atoms with Crippen LogP contribution in [0.25, 0.3) is 0 Å². The number of nitrogens with zero attached hydrogens (tertiary/aromatic N) is 1. The number of anilines is 1. The molecule has 29 heavy (non-hydrogen) atoms. The van der Waals surface area contributed by atoms with E-state index >= 15 is 0 Å². The Balaban J connectivity index is 1.57. The SMILES string of the molecule is Cc1ccc(C(C)NC(=O)CCCN(c2ccc3c(c2)OCO3)S(C)(=O)=O)cc1. The number of carbonyl (C=O) groups is 1. The molecule has 0 saturated heterocycles. The molecule has 0 aliphatic carbocycles. The Morgan fingerprint density at radius 3 is 2.52 bits per heavy atom. The van der Waals surface area contributed by atoms with Crippen molar-refractivity contribution in [1.82, 2.24) is 5.32 Å². The summed E-state index contributed by atoms with van der Waals surface area (Å²) in [4.78, 5) is 12.3. The van der Waals surface area contributed by atoms with Crippen LogP contribution in [-0.2, 0) is 14.8 Å². The molecule has 1 N–H and O–H groups in total. The summed E-state index contributed by atoms with van der Waals surface area (Å²) in [6, 6.07) is 12.9. The van der Waals surface area contributed by atoms with Gasteiger partial charge >= 0.3 is 0 Å². The van der Waals surface area contributed by atoms with Gasteiger partial charge in [-0.15, -0.1) is 0 Å². The van der Waals surface area contributed by atoms with Crippen LogP contribution in [0.15, 0.2) is 42.5 Å². The summed E-state index contributed by atoms with van der Waals surface area (Å²) >= 11 is 0. The molecule has 156 valence electrons. The first-order chi connectivity index (χ1) is 13.7. The maximum Gasteiger partial charge on any atom is 0.232 e. The largest absolute Gasteiger partial charge is 0.454 e. The topological polar surface area (TPSA) is 84.9 Å². The molecule has 0 bridgehead atoms. The maximum absolute atomic E-state index is 12.3. The van der Waals surface area contributed by atoms with Gasteiger partial charge in [0, 0.05) is 19.0 Å². The van der Waals surface area contributed by atoms with Gasteiger partial charge in [0.15, 0.2) is 11.5 Å². The zero-order valence-electron chi connectivity index (χ0n) is 16.8. The van der Waals surface area contributed by atoms with Crippen LogP contribution in [-0.4, -0.2) is 33.9 Å². The molecule has 3 rings (SSSR count). The molecule has 1 aliphatic heterocycles. The van der Waals surface area contributed by atoms with Crippen molar-refractivity contribution in [3.8, 4) is 11.5 Å². The number of aryl methyl sites for hydroxylation is 1. The standard InChI is InChI=1S/C21H26N2O5S/c1-15-6-8-17(9-7-15)16(2)22-21(24)5-4-12-23(29(3,25)26)18-10-11-19-20(13-18)28-14-27-19/h6-11,13,16H,4-5,12,14H2,1-3H3,(H,22,24). The molecule has 2 aromatic rings. The van der Waals surface area contributed by atoms with Gasteiger partial charge in [-0.2, -0.15) is 0 Å². The molecule has 1 amide bonds. The summed E-state index contributed by atoms with van der Waals surface area (Å²) in [5.74, 6) is 0.990. The van der Waals surface area contributed by atoms with Gasteiger partial charge in [-0.05, 0) is 38.0 Å². The van der Waals surface area contributed by atoms with Gasteiger partial charge in [0.2, 0.25) is 22.7 Å². The zero-order valence-corrected chi connectivity index (χ0v) is 17.7. The van der Waals surface area contributed by atoms with E-state index in [2.05, 4.69) is 5.32 Å². The van der Waals surface area contributed by atoms with Crippen molar-refractivity contribution in [3.05, 3.63) is 53.6 Å². The number of hydrogen-bond donors (Lipinski definition) is 1. The molecule has 0 spiro atoms. The van der Waals surface area contributed by atoms with E-state index in [1.54, 1.807) is 18.2 Å². The molecule has 0 radical (unpaired) electrons. The van der Waals surface area contributed by atoms with Crippen LogP contribution in [0.1, 0.15) is 36.9 Å². The monoisotopic (exact) mass is 418 g/mol. The molecule has 1 aliphatic rings. The van der Waals surface area contributed by atoms with Gasteiger partial charge < -0.3 is 14.8 Å². The summed E-state index contributed by atoms with van der Waals surface area (Å²) in [5.41, 5.74) is 2.68. The predicted molar refractivity (Wildman–Crippen MR) is 112 cm³/mol. The van der Waals surface area contributed by atoms with E-state index in [0.29, 0.717) is 23.6 Å². The Labute approximate surface area is 171 Å². The van der Waals surface area contributed by atoms with Crippen molar-refractivity contribution in [3.63, 3.8) is 0 Å².